The van der Waals surface area contributed by atoms with E-state index in [0.717, 1.165) is 30.9 Å². The number of nitrogen functional groups attached to an aromatic ring is 1. The van der Waals surface area contributed by atoms with E-state index in [9.17, 15) is 4.79 Å². The van der Waals surface area contributed by atoms with Crippen molar-refractivity contribution in [2.24, 2.45) is 5.92 Å². The minimum atomic E-state index is -0.0644. The van der Waals surface area contributed by atoms with Gasteiger partial charge in [-0.3, -0.25) is 0 Å². The molecule has 33 heavy (non-hydrogen) atoms. The lowest BCUT2D eigenvalue weighted by atomic mass is 10.2. The van der Waals surface area contributed by atoms with Crippen LogP contribution in [0.4, 0.5) is 27.8 Å². The van der Waals surface area contributed by atoms with Crippen LogP contribution in [0.5, 0.6) is 0 Å². The van der Waals surface area contributed by atoms with Crippen molar-refractivity contribution < 1.29 is 4.79 Å². The lowest BCUT2D eigenvalue weighted by Gasteiger charge is -2.17. The molecule has 0 aliphatic carbocycles. The molecular formula is C23H25N9O. The number of imidazole rings is 1. The molecule has 0 saturated carbocycles. The van der Waals surface area contributed by atoms with Crippen molar-refractivity contribution in [3.05, 3.63) is 54.5 Å². The van der Waals surface area contributed by atoms with Gasteiger partial charge < -0.3 is 21.3 Å². The fraction of sp³-hybridized carbons (Fsp3) is 0.261. The van der Waals surface area contributed by atoms with Crippen molar-refractivity contribution >= 4 is 34.7 Å². The Labute approximate surface area is 190 Å². The van der Waals surface area contributed by atoms with Crippen molar-refractivity contribution in [2.45, 2.75) is 20.3 Å². The van der Waals surface area contributed by atoms with Crippen LogP contribution in [-0.2, 0) is 0 Å². The van der Waals surface area contributed by atoms with E-state index in [1.807, 2.05) is 41.3 Å². The van der Waals surface area contributed by atoms with E-state index in [-0.39, 0.29) is 6.03 Å². The highest BCUT2D eigenvalue weighted by Gasteiger charge is 2.23. The molecule has 1 fully saturated rings. The zero-order chi connectivity index (χ0) is 22.9. The van der Waals surface area contributed by atoms with Gasteiger partial charge >= 0.3 is 6.03 Å². The fourth-order valence-electron chi connectivity index (χ4n) is 4.01. The Bertz CT molecular complexity index is 1300. The number of aromatic nitrogens is 5. The van der Waals surface area contributed by atoms with Gasteiger partial charge in [-0.15, -0.1) is 0 Å². The van der Waals surface area contributed by atoms with Crippen LogP contribution >= 0.6 is 0 Å². The predicted octanol–water partition coefficient (Wildman–Crippen LogP) is 3.69. The number of hydrogen-bond donors (Lipinski definition) is 3. The van der Waals surface area contributed by atoms with E-state index >= 15 is 0 Å². The smallest absolute Gasteiger partial charge is 0.321 e. The molecule has 5 rings (SSSR count). The largest absolute Gasteiger partial charge is 0.384 e. The minimum Gasteiger partial charge on any atom is -0.384 e. The topological polar surface area (TPSA) is 126 Å². The van der Waals surface area contributed by atoms with Crippen LogP contribution in [0.15, 0.2) is 48.7 Å². The summed E-state index contributed by atoms with van der Waals surface area (Å²) < 4.78 is 1.72. The number of amides is 2. The maximum Gasteiger partial charge on any atom is 0.321 e. The summed E-state index contributed by atoms with van der Waals surface area (Å²) >= 11 is 0. The number of likely N-dealkylation sites (tertiary alicyclic amines) is 1. The maximum atomic E-state index is 12.4. The van der Waals surface area contributed by atoms with Gasteiger partial charge in [0, 0.05) is 36.7 Å². The van der Waals surface area contributed by atoms with Gasteiger partial charge in [0.1, 0.15) is 17.3 Å². The third-order valence-corrected chi connectivity index (χ3v) is 5.60. The minimum absolute atomic E-state index is 0.0644. The van der Waals surface area contributed by atoms with Crippen LogP contribution in [0.1, 0.15) is 19.2 Å². The lowest BCUT2D eigenvalue weighted by Crippen LogP contribution is -2.32. The molecule has 4 aromatic rings. The summed E-state index contributed by atoms with van der Waals surface area (Å²) in [6.07, 6.45) is 2.74. The van der Waals surface area contributed by atoms with E-state index in [4.69, 9.17) is 5.73 Å². The van der Waals surface area contributed by atoms with Crippen LogP contribution in [-0.4, -0.2) is 48.6 Å². The molecule has 0 spiro atoms. The van der Waals surface area contributed by atoms with Crippen molar-refractivity contribution in [3.8, 4) is 11.4 Å². The third-order valence-electron chi connectivity index (χ3n) is 5.60. The Kier molecular flexibility index (Phi) is 5.25. The maximum absolute atomic E-state index is 12.4. The first-order chi connectivity index (χ1) is 16.0. The quantitative estimate of drug-likeness (QED) is 0.439. The Morgan fingerprint density at radius 2 is 1.91 bits per heavy atom. The van der Waals surface area contributed by atoms with Crippen LogP contribution in [0, 0.1) is 12.8 Å². The third kappa shape index (κ3) is 4.27. The van der Waals surface area contributed by atoms with Gasteiger partial charge in [-0.05, 0) is 55.7 Å². The van der Waals surface area contributed by atoms with E-state index in [1.165, 1.54) is 0 Å². The highest BCUT2D eigenvalue weighted by atomic mass is 16.2. The molecule has 1 aliphatic heterocycles. The number of hydrogen-bond acceptors (Lipinski definition) is 7. The molecule has 4 N–H and O–H groups in total. The molecular weight excluding hydrogens is 418 g/mol. The number of carbonyl (C=O) groups excluding carboxylic acids is 1. The molecule has 0 radical (unpaired) electrons. The highest BCUT2D eigenvalue weighted by molar-refractivity contribution is 5.90. The molecule has 1 aliphatic rings. The second-order valence-electron chi connectivity index (χ2n) is 8.30. The molecule has 0 bridgehead atoms. The molecule has 1 atom stereocenters. The summed E-state index contributed by atoms with van der Waals surface area (Å²) in [5.41, 5.74) is 9.49. The SMILES string of the molecule is Cc1nc(N)cc(-c2c(Nc3ccc(NC(=O)N4CC[C@H](C)C4)cc3)nc3cccnn23)n1. The lowest BCUT2D eigenvalue weighted by molar-refractivity contribution is 0.221. The zero-order valence-corrected chi connectivity index (χ0v) is 18.5. The molecule has 1 saturated heterocycles. The number of carbonyl (C=O) groups is 1. The number of nitrogens with one attached hydrogen (secondary N) is 2. The number of benzene rings is 1. The average Bonchev–Trinajstić information content (AvgIpc) is 3.37. The number of fused-ring (bicyclic) bond motifs is 1. The molecule has 10 nitrogen and oxygen atoms in total. The van der Waals surface area contributed by atoms with Crippen LogP contribution in [0.2, 0.25) is 0 Å². The van der Waals surface area contributed by atoms with Crippen LogP contribution in [0.3, 0.4) is 0 Å². The summed E-state index contributed by atoms with van der Waals surface area (Å²) in [7, 11) is 0. The van der Waals surface area contributed by atoms with Gasteiger partial charge in [-0.1, -0.05) is 6.92 Å². The average molecular weight is 444 g/mol. The second-order valence-corrected chi connectivity index (χ2v) is 8.30. The molecule has 2 amide bonds. The monoisotopic (exact) mass is 443 g/mol. The number of anilines is 4. The first kappa shape index (κ1) is 20.7. The van der Waals surface area contributed by atoms with Gasteiger partial charge in [-0.25, -0.2) is 24.3 Å². The number of nitrogens with two attached hydrogens (primary N) is 1. The number of aryl methyl sites for hydroxylation is 1. The Hall–Kier alpha value is -4.21. The summed E-state index contributed by atoms with van der Waals surface area (Å²) in [4.78, 5) is 27.7. The van der Waals surface area contributed by atoms with Crippen LogP contribution in [0.25, 0.3) is 17.0 Å². The van der Waals surface area contributed by atoms with Crippen molar-refractivity contribution in [3.63, 3.8) is 0 Å². The van der Waals surface area contributed by atoms with Crippen molar-refractivity contribution in [1.82, 2.24) is 29.5 Å². The van der Waals surface area contributed by atoms with E-state index < -0.39 is 0 Å². The summed E-state index contributed by atoms with van der Waals surface area (Å²) in [5, 5.41) is 10.7. The van der Waals surface area contributed by atoms with Crippen molar-refractivity contribution in [1.29, 1.82) is 0 Å². The normalized spacial score (nSPS) is 15.7. The van der Waals surface area contributed by atoms with E-state index in [1.54, 1.807) is 23.7 Å². The first-order valence-corrected chi connectivity index (χ1v) is 10.8. The summed E-state index contributed by atoms with van der Waals surface area (Å²) in [6, 6.07) is 12.8. The molecule has 0 unspecified atom stereocenters. The molecule has 1 aromatic carbocycles. The fourth-order valence-corrected chi connectivity index (χ4v) is 4.01. The first-order valence-electron chi connectivity index (χ1n) is 10.8. The predicted molar refractivity (Wildman–Crippen MR) is 127 cm³/mol. The van der Waals surface area contributed by atoms with Gasteiger partial charge in [-0.2, -0.15) is 5.10 Å². The number of rotatable bonds is 4. The Balaban J connectivity index is 1.41. The van der Waals surface area contributed by atoms with E-state index in [0.29, 0.717) is 40.4 Å². The Morgan fingerprint density at radius 1 is 1.12 bits per heavy atom. The number of nitrogens with zero attached hydrogens (tertiary/aromatic N) is 6. The zero-order valence-electron chi connectivity index (χ0n) is 18.5. The van der Waals surface area contributed by atoms with Gasteiger partial charge in [0.05, 0.1) is 5.69 Å². The molecule has 168 valence electrons. The summed E-state index contributed by atoms with van der Waals surface area (Å²) in [5.74, 6) is 2.08. The van der Waals surface area contributed by atoms with Crippen molar-refractivity contribution in [2.75, 3.05) is 29.5 Å². The standard InChI is InChI=1S/C23H25N9O/c1-14-9-11-31(13-14)23(33)29-17-7-5-16(6-8-17)28-22-21(18-12-19(24)27-15(2)26-18)32-20(30-22)4-3-10-25-32/h3-8,10,12,14,28H,9,11,13H2,1-2H3,(H,29,33)(H2,24,26,27)/t14-/m0/s1. The van der Waals surface area contributed by atoms with E-state index in [2.05, 4.69) is 37.6 Å². The van der Waals surface area contributed by atoms with Crippen LogP contribution < -0.4 is 16.4 Å². The van der Waals surface area contributed by atoms with Gasteiger partial charge in [0.15, 0.2) is 11.5 Å². The van der Waals surface area contributed by atoms with Gasteiger partial charge in [0.2, 0.25) is 0 Å². The summed E-state index contributed by atoms with van der Waals surface area (Å²) in [6.45, 7) is 5.54. The second kappa shape index (κ2) is 8.38. The molecule has 4 heterocycles. The highest BCUT2D eigenvalue weighted by Crippen LogP contribution is 2.30. The van der Waals surface area contributed by atoms with Gasteiger partial charge in [0.25, 0.3) is 0 Å². The number of urea groups is 1. The Morgan fingerprint density at radius 3 is 2.64 bits per heavy atom. The molecule has 3 aromatic heterocycles. The molecule has 10 heteroatoms.